The maximum atomic E-state index is 12.7. The summed E-state index contributed by atoms with van der Waals surface area (Å²) in [6.07, 6.45) is 14.0. The van der Waals surface area contributed by atoms with Crippen LogP contribution in [0.1, 0.15) is 84.5 Å². The van der Waals surface area contributed by atoms with E-state index in [1.54, 1.807) is 22.7 Å². The average molecular weight is 697 g/mol. The van der Waals surface area contributed by atoms with Gasteiger partial charge in [-0.2, -0.15) is 10.2 Å². The van der Waals surface area contributed by atoms with Gasteiger partial charge in [-0.15, -0.1) is 22.7 Å². The number of nitrogens with zero attached hydrogens (tertiary/aromatic N) is 5. The highest BCUT2D eigenvalue weighted by atomic mass is 32.1. The van der Waals surface area contributed by atoms with Gasteiger partial charge in [0.05, 0.1) is 23.4 Å². The lowest BCUT2D eigenvalue weighted by Gasteiger charge is -2.28. The van der Waals surface area contributed by atoms with Crippen molar-refractivity contribution < 1.29 is 0 Å². The fourth-order valence-electron chi connectivity index (χ4n) is 8.05. The van der Waals surface area contributed by atoms with Gasteiger partial charge in [0.25, 0.3) is 11.1 Å². The van der Waals surface area contributed by atoms with Gasteiger partial charge in [-0.05, 0) is 109 Å². The van der Waals surface area contributed by atoms with Gasteiger partial charge in [-0.25, -0.2) is 9.97 Å². The van der Waals surface area contributed by atoms with Gasteiger partial charge < -0.3 is 20.2 Å². The fraction of sp³-hybridized carbons (Fsp3) is 0.486. The number of hydrogen-bond acceptors (Lipinski definition) is 10. The van der Waals surface area contributed by atoms with Crippen LogP contribution in [0.5, 0.6) is 0 Å². The second kappa shape index (κ2) is 12.7. The minimum Gasteiger partial charge on any atom is -0.317 e. The minimum absolute atomic E-state index is 0.0108. The Balaban J connectivity index is 0.000000133. The summed E-state index contributed by atoms with van der Waals surface area (Å²) in [6, 6.07) is 0. The van der Waals surface area contributed by atoms with Crippen LogP contribution in [0.25, 0.3) is 41.3 Å². The molecular weight excluding hydrogens is 657 g/mol. The summed E-state index contributed by atoms with van der Waals surface area (Å²) >= 11 is 3.13. The zero-order valence-corrected chi connectivity index (χ0v) is 29.2. The van der Waals surface area contributed by atoms with E-state index in [2.05, 4.69) is 47.6 Å². The summed E-state index contributed by atoms with van der Waals surface area (Å²) in [7, 11) is 2.15. The Morgan fingerprint density at radius 2 is 1.18 bits per heavy atom. The van der Waals surface area contributed by atoms with E-state index in [0.717, 1.165) is 134 Å². The number of piperidine rings is 2. The van der Waals surface area contributed by atoms with Crippen molar-refractivity contribution in [2.24, 2.45) is 0 Å². The number of H-pyrrole nitrogens is 4. The SMILES string of the molecule is CN1CCC(c2nc3c4c(sc3c(=O)[nH]2)-c2cn[nH]c2CCC4)CC1.O=c1[nH]c(C2CCNCC2)nc2c3c(sc12)-c1cn[nH]c1CCC3. The van der Waals surface area contributed by atoms with Crippen LogP contribution < -0.4 is 16.4 Å². The van der Waals surface area contributed by atoms with E-state index in [1.165, 1.54) is 32.3 Å². The van der Waals surface area contributed by atoms with E-state index >= 15 is 0 Å². The van der Waals surface area contributed by atoms with Crippen LogP contribution in [0.3, 0.4) is 0 Å². The summed E-state index contributed by atoms with van der Waals surface area (Å²) in [5.74, 6) is 2.46. The molecule has 0 aromatic carbocycles. The predicted molar refractivity (Wildman–Crippen MR) is 194 cm³/mol. The van der Waals surface area contributed by atoms with Crippen LogP contribution in [-0.2, 0) is 25.7 Å². The average Bonchev–Trinajstić information content (AvgIpc) is 3.89. The number of thiophene rings is 2. The third kappa shape index (κ3) is 5.58. The Morgan fingerprint density at radius 1 is 0.694 bits per heavy atom. The Bertz CT molecular complexity index is 2280. The molecule has 0 bridgehead atoms. The predicted octanol–water partition coefficient (Wildman–Crippen LogP) is 5.00. The highest BCUT2D eigenvalue weighted by molar-refractivity contribution is 7.22. The molecule has 10 rings (SSSR count). The second-order valence-corrected chi connectivity index (χ2v) is 16.0. The first-order chi connectivity index (χ1) is 24.0. The van der Waals surface area contributed by atoms with Crippen LogP contribution in [0.15, 0.2) is 22.0 Å². The quantitative estimate of drug-likeness (QED) is 0.169. The number of fused-ring (bicyclic) bond motifs is 10. The monoisotopic (exact) mass is 696 g/mol. The number of nitrogens with one attached hydrogen (secondary N) is 5. The van der Waals surface area contributed by atoms with Gasteiger partial charge in [0.2, 0.25) is 0 Å². The Labute approximate surface area is 290 Å². The standard InChI is InChI=1S/C18H21N5OS.C17H19N5OS/c1-23-7-5-10(6-8-23)17-20-14-11-3-2-4-13-12(9-19-22-13)15(11)25-16(14)18(24)21-17;23-17-15-13(20-16(21-17)9-4-6-18-7-5-9)10-2-1-3-12-11(8-19-22-12)14(10)24-15/h9-10H,2-8H2,1H3,(H,19,22)(H,20,21,24);8-9,18H,1-7H2,(H,19,22)(H,20,21,23). The molecule has 4 aliphatic rings. The van der Waals surface area contributed by atoms with Gasteiger partial charge in [-0.1, -0.05) is 0 Å². The van der Waals surface area contributed by atoms with Crippen molar-refractivity contribution in [2.45, 2.75) is 76.0 Å². The fourth-order valence-corrected chi connectivity index (χ4v) is 10.5. The minimum atomic E-state index is 0.0108. The molecule has 5 N–H and O–H groups in total. The lowest BCUT2D eigenvalue weighted by molar-refractivity contribution is 0.251. The summed E-state index contributed by atoms with van der Waals surface area (Å²) in [5, 5.41) is 18.0. The summed E-state index contributed by atoms with van der Waals surface area (Å²) in [4.78, 5) is 46.1. The van der Waals surface area contributed by atoms with E-state index in [9.17, 15) is 9.59 Å². The Morgan fingerprint density at radius 3 is 1.69 bits per heavy atom. The van der Waals surface area contributed by atoms with Gasteiger partial charge in [0.1, 0.15) is 21.0 Å². The number of aryl methyl sites for hydroxylation is 4. The third-order valence-electron chi connectivity index (χ3n) is 10.8. The van der Waals surface area contributed by atoms with Gasteiger partial charge in [0, 0.05) is 44.1 Å². The highest BCUT2D eigenvalue weighted by Crippen LogP contribution is 2.42. The summed E-state index contributed by atoms with van der Waals surface area (Å²) in [5.41, 5.74) is 8.99. The van der Waals surface area contributed by atoms with Crippen LogP contribution >= 0.6 is 22.7 Å². The smallest absolute Gasteiger partial charge is 0.268 e. The van der Waals surface area contributed by atoms with Crippen molar-refractivity contribution in [3.8, 4) is 20.9 Å². The molecule has 0 atom stereocenters. The molecule has 12 nitrogen and oxygen atoms in total. The first kappa shape index (κ1) is 31.0. The zero-order chi connectivity index (χ0) is 33.1. The van der Waals surface area contributed by atoms with Crippen molar-refractivity contribution in [3.63, 3.8) is 0 Å². The van der Waals surface area contributed by atoms with Crippen LogP contribution in [0.4, 0.5) is 0 Å². The van der Waals surface area contributed by atoms with Crippen LogP contribution in [0.2, 0.25) is 0 Å². The Hall–Kier alpha value is -3.98. The largest absolute Gasteiger partial charge is 0.317 e. The number of hydrogen-bond donors (Lipinski definition) is 5. The van der Waals surface area contributed by atoms with Gasteiger partial charge >= 0.3 is 0 Å². The summed E-state index contributed by atoms with van der Waals surface area (Å²) in [6.45, 7) is 4.11. The van der Waals surface area contributed by atoms with E-state index < -0.39 is 0 Å². The first-order valence-electron chi connectivity index (χ1n) is 17.6. The molecule has 2 aliphatic heterocycles. The molecule has 254 valence electrons. The molecule has 0 spiro atoms. The third-order valence-corrected chi connectivity index (χ3v) is 13.3. The second-order valence-electron chi connectivity index (χ2n) is 13.9. The molecule has 0 amide bonds. The van der Waals surface area contributed by atoms with Crippen molar-refractivity contribution in [1.29, 1.82) is 0 Å². The van der Waals surface area contributed by atoms with Crippen molar-refractivity contribution in [3.05, 3.63) is 67.3 Å². The molecule has 8 heterocycles. The van der Waals surface area contributed by atoms with Gasteiger partial charge in [0.15, 0.2) is 0 Å². The molecular formula is C35H40N10O2S2. The van der Waals surface area contributed by atoms with Crippen molar-refractivity contribution >= 4 is 43.1 Å². The normalized spacial score (nSPS) is 18.6. The topological polar surface area (TPSA) is 164 Å². The molecule has 49 heavy (non-hydrogen) atoms. The van der Waals surface area contributed by atoms with Crippen LogP contribution in [0, 0.1) is 0 Å². The number of likely N-dealkylation sites (tertiary alicyclic amines) is 1. The maximum absolute atomic E-state index is 12.7. The molecule has 0 unspecified atom stereocenters. The first-order valence-corrected chi connectivity index (χ1v) is 19.2. The molecule has 6 aromatic rings. The van der Waals surface area contributed by atoms with Gasteiger partial charge in [-0.3, -0.25) is 19.8 Å². The summed E-state index contributed by atoms with van der Waals surface area (Å²) < 4.78 is 1.52. The lowest BCUT2D eigenvalue weighted by Crippen LogP contribution is -2.30. The van der Waals surface area contributed by atoms with Crippen LogP contribution in [-0.4, -0.2) is 78.5 Å². The lowest BCUT2D eigenvalue weighted by atomic mass is 9.96. The number of rotatable bonds is 2. The number of aromatic nitrogens is 8. The molecule has 0 saturated carbocycles. The van der Waals surface area contributed by atoms with Crippen molar-refractivity contribution in [1.82, 2.24) is 50.5 Å². The maximum Gasteiger partial charge on any atom is 0.268 e. The van der Waals surface area contributed by atoms with E-state index in [4.69, 9.17) is 9.97 Å². The van der Waals surface area contributed by atoms with E-state index in [0.29, 0.717) is 11.8 Å². The van der Waals surface area contributed by atoms with Crippen molar-refractivity contribution in [2.75, 3.05) is 33.2 Å². The molecule has 0 radical (unpaired) electrons. The Kier molecular flexibility index (Phi) is 8.06. The molecule has 2 aliphatic carbocycles. The zero-order valence-electron chi connectivity index (χ0n) is 27.6. The van der Waals surface area contributed by atoms with E-state index in [1.807, 2.05) is 12.4 Å². The molecule has 6 aromatic heterocycles. The molecule has 2 saturated heterocycles. The molecule has 2 fully saturated rings. The molecule has 14 heteroatoms. The van der Waals surface area contributed by atoms with E-state index in [-0.39, 0.29) is 11.1 Å². The highest BCUT2D eigenvalue weighted by Gasteiger charge is 2.27. The number of aromatic amines is 4.